The summed E-state index contributed by atoms with van der Waals surface area (Å²) in [6.45, 7) is 2.75. The Kier molecular flexibility index (Phi) is 5.27. The molecule has 1 saturated carbocycles. The van der Waals surface area contributed by atoms with Crippen LogP contribution in [0.25, 0.3) is 0 Å². The number of hydrogen-bond acceptors (Lipinski definition) is 2. The molecule has 0 heterocycles. The van der Waals surface area contributed by atoms with E-state index in [2.05, 4.69) is 17.6 Å². The normalized spacial score (nSPS) is 22.1. The molecule has 4 nitrogen and oxygen atoms in total. The van der Waals surface area contributed by atoms with Gasteiger partial charge in [0.2, 0.25) is 0 Å². The average Bonchev–Trinajstić information content (AvgIpc) is 2.48. The lowest BCUT2D eigenvalue weighted by Crippen LogP contribution is -2.45. The Morgan fingerprint density at radius 1 is 1.25 bits per heavy atom. The van der Waals surface area contributed by atoms with Crippen molar-refractivity contribution in [2.24, 2.45) is 5.92 Å². The highest BCUT2D eigenvalue weighted by molar-refractivity contribution is 5.74. The molecular formula is C16H24N2O2. The standard InChI is InChI=1S/C16H24N2O2/c1-12-5-3-4-6-15(12)18-16(19)17-11-13-7-9-14(20-2)10-8-13/h7-10,12,15H,3-6,11H2,1-2H3,(H2,17,18,19). The highest BCUT2D eigenvalue weighted by Crippen LogP contribution is 2.23. The molecule has 0 aromatic heterocycles. The summed E-state index contributed by atoms with van der Waals surface area (Å²) in [7, 11) is 1.64. The molecule has 20 heavy (non-hydrogen) atoms. The van der Waals surface area contributed by atoms with Gasteiger partial charge in [-0.05, 0) is 36.5 Å². The van der Waals surface area contributed by atoms with Gasteiger partial charge in [-0.3, -0.25) is 0 Å². The second-order valence-electron chi connectivity index (χ2n) is 5.54. The van der Waals surface area contributed by atoms with Crippen molar-refractivity contribution in [1.82, 2.24) is 10.6 Å². The predicted octanol–water partition coefficient (Wildman–Crippen LogP) is 3.07. The molecule has 2 unspecified atom stereocenters. The lowest BCUT2D eigenvalue weighted by molar-refractivity contribution is 0.221. The monoisotopic (exact) mass is 276 g/mol. The molecule has 0 bridgehead atoms. The van der Waals surface area contributed by atoms with Crippen molar-refractivity contribution < 1.29 is 9.53 Å². The SMILES string of the molecule is COc1ccc(CNC(=O)NC2CCCCC2C)cc1. The number of carbonyl (C=O) groups is 1. The molecule has 2 N–H and O–H groups in total. The molecule has 2 atom stereocenters. The quantitative estimate of drug-likeness (QED) is 0.888. The van der Waals surface area contributed by atoms with Gasteiger partial charge in [0.25, 0.3) is 0 Å². The zero-order chi connectivity index (χ0) is 14.4. The van der Waals surface area contributed by atoms with Crippen LogP contribution in [0.15, 0.2) is 24.3 Å². The van der Waals surface area contributed by atoms with Gasteiger partial charge in [0.15, 0.2) is 0 Å². The first-order valence-corrected chi connectivity index (χ1v) is 7.36. The van der Waals surface area contributed by atoms with E-state index >= 15 is 0 Å². The van der Waals surface area contributed by atoms with Gasteiger partial charge in [0.1, 0.15) is 5.75 Å². The molecule has 0 spiro atoms. The topological polar surface area (TPSA) is 50.4 Å². The summed E-state index contributed by atoms with van der Waals surface area (Å²) < 4.78 is 5.11. The Balaban J connectivity index is 1.76. The summed E-state index contributed by atoms with van der Waals surface area (Å²) >= 11 is 0. The Hall–Kier alpha value is -1.71. The molecule has 1 aromatic carbocycles. The van der Waals surface area contributed by atoms with E-state index < -0.39 is 0 Å². The van der Waals surface area contributed by atoms with E-state index in [4.69, 9.17) is 4.74 Å². The molecule has 1 aromatic rings. The van der Waals surface area contributed by atoms with Crippen LogP contribution in [0.1, 0.15) is 38.2 Å². The van der Waals surface area contributed by atoms with Crippen LogP contribution < -0.4 is 15.4 Å². The van der Waals surface area contributed by atoms with E-state index in [9.17, 15) is 4.79 Å². The van der Waals surface area contributed by atoms with E-state index in [-0.39, 0.29) is 6.03 Å². The smallest absolute Gasteiger partial charge is 0.315 e. The average molecular weight is 276 g/mol. The van der Waals surface area contributed by atoms with Crippen LogP contribution in [-0.4, -0.2) is 19.2 Å². The minimum absolute atomic E-state index is 0.0698. The summed E-state index contributed by atoms with van der Waals surface area (Å²) in [5, 5.41) is 6.00. The van der Waals surface area contributed by atoms with Crippen molar-refractivity contribution in [3.63, 3.8) is 0 Å². The third-order valence-corrected chi connectivity index (χ3v) is 4.04. The summed E-state index contributed by atoms with van der Waals surface area (Å²) in [5.41, 5.74) is 1.07. The van der Waals surface area contributed by atoms with Crippen LogP contribution in [0.5, 0.6) is 5.75 Å². The van der Waals surface area contributed by atoms with Gasteiger partial charge in [-0.25, -0.2) is 4.79 Å². The first kappa shape index (κ1) is 14.7. The van der Waals surface area contributed by atoms with Crippen molar-refractivity contribution >= 4 is 6.03 Å². The maximum Gasteiger partial charge on any atom is 0.315 e. The minimum Gasteiger partial charge on any atom is -0.497 e. The fourth-order valence-corrected chi connectivity index (χ4v) is 2.68. The van der Waals surface area contributed by atoms with Gasteiger partial charge in [-0.2, -0.15) is 0 Å². The van der Waals surface area contributed by atoms with Gasteiger partial charge in [0, 0.05) is 12.6 Å². The van der Waals surface area contributed by atoms with Crippen molar-refractivity contribution in [2.75, 3.05) is 7.11 Å². The number of hydrogen-bond donors (Lipinski definition) is 2. The fraction of sp³-hybridized carbons (Fsp3) is 0.562. The van der Waals surface area contributed by atoms with Gasteiger partial charge in [-0.15, -0.1) is 0 Å². The lowest BCUT2D eigenvalue weighted by Gasteiger charge is -2.29. The summed E-state index contributed by atoms with van der Waals surface area (Å²) in [4.78, 5) is 11.9. The summed E-state index contributed by atoms with van der Waals surface area (Å²) in [5.74, 6) is 1.41. The highest BCUT2D eigenvalue weighted by Gasteiger charge is 2.22. The molecule has 0 aliphatic heterocycles. The van der Waals surface area contributed by atoms with Crippen molar-refractivity contribution in [1.29, 1.82) is 0 Å². The maximum atomic E-state index is 11.9. The molecule has 1 fully saturated rings. The predicted molar refractivity (Wildman–Crippen MR) is 79.8 cm³/mol. The first-order chi connectivity index (χ1) is 9.69. The highest BCUT2D eigenvalue weighted by atomic mass is 16.5. The van der Waals surface area contributed by atoms with Crippen LogP contribution >= 0.6 is 0 Å². The maximum absolute atomic E-state index is 11.9. The van der Waals surface area contributed by atoms with Crippen molar-refractivity contribution in [2.45, 2.75) is 45.2 Å². The van der Waals surface area contributed by atoms with Crippen LogP contribution in [-0.2, 0) is 6.54 Å². The molecular weight excluding hydrogens is 252 g/mol. The van der Waals surface area contributed by atoms with Crippen LogP contribution in [0.4, 0.5) is 4.79 Å². The van der Waals surface area contributed by atoms with Gasteiger partial charge in [0.05, 0.1) is 7.11 Å². The Bertz CT molecular complexity index is 431. The van der Waals surface area contributed by atoms with E-state index in [1.807, 2.05) is 24.3 Å². The zero-order valence-corrected chi connectivity index (χ0v) is 12.3. The van der Waals surface area contributed by atoms with Crippen LogP contribution in [0.3, 0.4) is 0 Å². The molecule has 4 heteroatoms. The Labute approximate surface area is 120 Å². The number of urea groups is 1. The molecule has 2 amide bonds. The number of nitrogens with one attached hydrogen (secondary N) is 2. The summed E-state index contributed by atoms with van der Waals surface area (Å²) in [6, 6.07) is 7.97. The minimum atomic E-state index is -0.0698. The van der Waals surface area contributed by atoms with Crippen LogP contribution in [0, 0.1) is 5.92 Å². The van der Waals surface area contributed by atoms with E-state index in [0.29, 0.717) is 18.5 Å². The largest absolute Gasteiger partial charge is 0.497 e. The number of rotatable bonds is 4. The zero-order valence-electron chi connectivity index (χ0n) is 12.3. The first-order valence-electron chi connectivity index (χ1n) is 7.36. The Morgan fingerprint density at radius 3 is 2.60 bits per heavy atom. The van der Waals surface area contributed by atoms with Crippen LogP contribution in [0.2, 0.25) is 0 Å². The molecule has 0 radical (unpaired) electrons. The van der Waals surface area contributed by atoms with Gasteiger partial charge >= 0.3 is 6.03 Å². The van der Waals surface area contributed by atoms with Gasteiger partial charge in [-0.1, -0.05) is 31.9 Å². The van der Waals surface area contributed by atoms with Crippen molar-refractivity contribution in [3.8, 4) is 5.75 Å². The number of ether oxygens (including phenoxy) is 1. The lowest BCUT2D eigenvalue weighted by atomic mass is 9.86. The van der Waals surface area contributed by atoms with E-state index in [0.717, 1.165) is 17.7 Å². The number of carbonyl (C=O) groups excluding carboxylic acids is 1. The second kappa shape index (κ2) is 7.17. The molecule has 2 rings (SSSR count). The van der Waals surface area contributed by atoms with E-state index in [1.165, 1.54) is 19.3 Å². The third-order valence-electron chi connectivity index (χ3n) is 4.04. The van der Waals surface area contributed by atoms with Gasteiger partial charge < -0.3 is 15.4 Å². The number of benzene rings is 1. The molecule has 1 aliphatic carbocycles. The fourth-order valence-electron chi connectivity index (χ4n) is 2.68. The molecule has 0 saturated heterocycles. The van der Waals surface area contributed by atoms with E-state index in [1.54, 1.807) is 7.11 Å². The summed E-state index contributed by atoms with van der Waals surface area (Å²) in [6.07, 6.45) is 4.81. The van der Waals surface area contributed by atoms with Crippen molar-refractivity contribution in [3.05, 3.63) is 29.8 Å². The second-order valence-corrected chi connectivity index (χ2v) is 5.54. The molecule has 1 aliphatic rings. The Morgan fingerprint density at radius 2 is 1.95 bits per heavy atom. The molecule has 110 valence electrons. The third kappa shape index (κ3) is 4.15. The number of amides is 2. The number of methoxy groups -OCH3 is 1.